The van der Waals surface area contributed by atoms with Crippen molar-refractivity contribution in [3.63, 3.8) is 0 Å². The minimum absolute atomic E-state index is 0.0179. The number of rotatable bonds is 6. The molecule has 1 saturated carbocycles. The molecule has 1 unspecified atom stereocenters. The van der Waals surface area contributed by atoms with Crippen molar-refractivity contribution in [2.75, 3.05) is 5.33 Å². The van der Waals surface area contributed by atoms with E-state index < -0.39 is 0 Å². The summed E-state index contributed by atoms with van der Waals surface area (Å²) in [5.74, 6) is 1.21. The van der Waals surface area contributed by atoms with E-state index in [4.69, 9.17) is 0 Å². The normalized spacial score (nSPS) is 29.9. The highest BCUT2D eigenvalue weighted by Gasteiger charge is 2.35. The fourth-order valence-electron chi connectivity index (χ4n) is 2.63. The van der Waals surface area contributed by atoms with Gasteiger partial charge in [0.2, 0.25) is 5.91 Å². The summed E-state index contributed by atoms with van der Waals surface area (Å²) in [6, 6.07) is 0. The second kappa shape index (κ2) is 7.52. The van der Waals surface area contributed by atoms with Crippen molar-refractivity contribution in [3.05, 3.63) is 0 Å². The van der Waals surface area contributed by atoms with Crippen LogP contribution in [0.2, 0.25) is 0 Å². The van der Waals surface area contributed by atoms with Gasteiger partial charge >= 0.3 is 0 Å². The summed E-state index contributed by atoms with van der Waals surface area (Å²) < 4.78 is 0. The Kier molecular flexibility index (Phi) is 6.68. The Morgan fingerprint density at radius 3 is 2.56 bits per heavy atom. The van der Waals surface area contributed by atoms with Crippen LogP contribution >= 0.6 is 15.9 Å². The van der Waals surface area contributed by atoms with Gasteiger partial charge in [0.15, 0.2) is 0 Å². The van der Waals surface area contributed by atoms with E-state index >= 15 is 0 Å². The number of hydrogen-bond donors (Lipinski definition) is 1. The highest BCUT2D eigenvalue weighted by molar-refractivity contribution is 9.09. The number of amides is 1. The monoisotopic (exact) mass is 317 g/mol. The smallest absolute Gasteiger partial charge is 0.223 e. The Balaban J connectivity index is 2.49. The zero-order valence-electron chi connectivity index (χ0n) is 12.1. The molecular formula is C15H28BrNO. The van der Waals surface area contributed by atoms with Gasteiger partial charge in [0.05, 0.1) is 0 Å². The van der Waals surface area contributed by atoms with Gasteiger partial charge in [-0.1, -0.05) is 49.5 Å². The highest BCUT2D eigenvalue weighted by Crippen LogP contribution is 2.33. The topological polar surface area (TPSA) is 29.1 Å². The van der Waals surface area contributed by atoms with Gasteiger partial charge in [-0.05, 0) is 38.0 Å². The average Bonchev–Trinajstić information content (AvgIpc) is 2.38. The molecule has 0 bridgehead atoms. The largest absolute Gasteiger partial charge is 0.350 e. The maximum absolute atomic E-state index is 12.2. The zero-order valence-corrected chi connectivity index (χ0v) is 13.7. The molecule has 106 valence electrons. The lowest BCUT2D eigenvalue weighted by Gasteiger charge is -2.39. The molecule has 0 spiro atoms. The molecule has 1 N–H and O–H groups in total. The summed E-state index contributed by atoms with van der Waals surface area (Å²) >= 11 is 3.60. The predicted octanol–water partition coefficient (Wildman–Crippen LogP) is 4.27. The summed E-state index contributed by atoms with van der Waals surface area (Å²) in [7, 11) is 0. The van der Waals surface area contributed by atoms with Crippen LogP contribution in [-0.2, 0) is 4.79 Å². The van der Waals surface area contributed by atoms with Crippen LogP contribution in [0.3, 0.4) is 0 Å². The minimum atomic E-state index is 0.0179. The lowest BCUT2D eigenvalue weighted by Crippen LogP contribution is -2.53. The average molecular weight is 318 g/mol. The molecular weight excluding hydrogens is 290 g/mol. The quantitative estimate of drug-likeness (QED) is 0.728. The molecule has 1 fully saturated rings. The first-order valence-corrected chi connectivity index (χ1v) is 8.53. The Hall–Kier alpha value is -0.0500. The lowest BCUT2D eigenvalue weighted by molar-refractivity contribution is -0.127. The van der Waals surface area contributed by atoms with Gasteiger partial charge in [0.25, 0.3) is 0 Å². The highest BCUT2D eigenvalue weighted by atomic mass is 79.9. The van der Waals surface area contributed by atoms with Crippen molar-refractivity contribution >= 4 is 21.8 Å². The molecule has 0 aromatic rings. The first-order chi connectivity index (χ1) is 8.53. The molecule has 2 nitrogen and oxygen atoms in total. The van der Waals surface area contributed by atoms with E-state index in [1.807, 2.05) is 0 Å². The molecule has 3 heteroatoms. The van der Waals surface area contributed by atoms with E-state index in [-0.39, 0.29) is 17.4 Å². The molecule has 0 radical (unpaired) electrons. The zero-order chi connectivity index (χ0) is 13.6. The fourth-order valence-corrected chi connectivity index (χ4v) is 3.33. The summed E-state index contributed by atoms with van der Waals surface area (Å²) in [5.41, 5.74) is 0.0179. The van der Waals surface area contributed by atoms with Crippen molar-refractivity contribution in [3.8, 4) is 0 Å². The van der Waals surface area contributed by atoms with Crippen molar-refractivity contribution in [1.29, 1.82) is 0 Å². The van der Waals surface area contributed by atoms with Crippen molar-refractivity contribution in [1.82, 2.24) is 5.32 Å². The molecule has 1 atom stereocenters. The number of carbonyl (C=O) groups is 1. The van der Waals surface area contributed by atoms with Crippen molar-refractivity contribution in [2.45, 2.75) is 71.3 Å². The van der Waals surface area contributed by atoms with Crippen LogP contribution in [0.1, 0.15) is 65.7 Å². The third kappa shape index (κ3) is 4.56. The van der Waals surface area contributed by atoms with Crippen LogP contribution in [0, 0.1) is 11.8 Å². The van der Waals surface area contributed by atoms with Crippen LogP contribution in [-0.4, -0.2) is 16.8 Å². The SMILES string of the molecule is CCCCC(C)C(=O)NC1(CBr)CCC(C)CC1. The van der Waals surface area contributed by atoms with Crippen LogP contribution in [0.25, 0.3) is 0 Å². The van der Waals surface area contributed by atoms with Gasteiger partial charge in [-0.3, -0.25) is 4.79 Å². The molecule has 1 rings (SSSR count). The van der Waals surface area contributed by atoms with Crippen molar-refractivity contribution < 1.29 is 4.79 Å². The minimum Gasteiger partial charge on any atom is -0.350 e. The lowest BCUT2D eigenvalue weighted by atomic mass is 9.78. The second-order valence-corrected chi connectivity index (χ2v) is 6.69. The maximum atomic E-state index is 12.2. The van der Waals surface area contributed by atoms with E-state index in [2.05, 4.69) is 42.0 Å². The Morgan fingerprint density at radius 2 is 2.06 bits per heavy atom. The van der Waals surface area contributed by atoms with Crippen LogP contribution in [0.4, 0.5) is 0 Å². The molecule has 0 aromatic carbocycles. The Labute approximate surface area is 120 Å². The number of alkyl halides is 1. The molecule has 1 aliphatic carbocycles. The maximum Gasteiger partial charge on any atom is 0.223 e. The standard InChI is InChI=1S/C15H28BrNO/c1-4-5-6-13(3)14(18)17-15(11-16)9-7-12(2)8-10-15/h12-13H,4-11H2,1-3H3,(H,17,18). The summed E-state index contributed by atoms with van der Waals surface area (Å²) in [4.78, 5) is 12.2. The number of unbranched alkanes of at least 4 members (excludes halogenated alkanes) is 1. The Morgan fingerprint density at radius 1 is 1.44 bits per heavy atom. The molecule has 0 aromatic heterocycles. The molecule has 1 amide bonds. The van der Waals surface area contributed by atoms with Crippen LogP contribution in [0.15, 0.2) is 0 Å². The summed E-state index contributed by atoms with van der Waals surface area (Å²) in [6.07, 6.45) is 8.02. The molecule has 0 heterocycles. The second-order valence-electron chi connectivity index (χ2n) is 6.13. The summed E-state index contributed by atoms with van der Waals surface area (Å²) in [6.45, 7) is 6.54. The molecule has 18 heavy (non-hydrogen) atoms. The number of hydrogen-bond acceptors (Lipinski definition) is 1. The van der Waals surface area contributed by atoms with E-state index in [1.54, 1.807) is 0 Å². The van der Waals surface area contributed by atoms with E-state index in [9.17, 15) is 4.79 Å². The van der Waals surface area contributed by atoms with Gasteiger partial charge in [0.1, 0.15) is 0 Å². The van der Waals surface area contributed by atoms with Gasteiger partial charge in [-0.25, -0.2) is 0 Å². The van der Waals surface area contributed by atoms with Crippen LogP contribution in [0.5, 0.6) is 0 Å². The van der Waals surface area contributed by atoms with E-state index in [0.717, 1.165) is 36.9 Å². The number of carbonyl (C=O) groups excluding carboxylic acids is 1. The van der Waals surface area contributed by atoms with Gasteiger partial charge in [-0.15, -0.1) is 0 Å². The van der Waals surface area contributed by atoms with Gasteiger partial charge in [0, 0.05) is 16.8 Å². The van der Waals surface area contributed by atoms with E-state index in [1.165, 1.54) is 19.3 Å². The third-order valence-corrected chi connectivity index (χ3v) is 5.39. The summed E-state index contributed by atoms with van der Waals surface area (Å²) in [5, 5.41) is 4.21. The Bertz CT molecular complexity index is 259. The third-order valence-electron chi connectivity index (χ3n) is 4.31. The first-order valence-electron chi connectivity index (χ1n) is 7.41. The van der Waals surface area contributed by atoms with Gasteiger partial charge < -0.3 is 5.32 Å². The fraction of sp³-hybridized carbons (Fsp3) is 0.933. The molecule has 0 aliphatic heterocycles. The number of halogens is 1. The van der Waals surface area contributed by atoms with Crippen molar-refractivity contribution in [2.24, 2.45) is 11.8 Å². The first kappa shape index (κ1) is 16.0. The molecule has 1 aliphatic rings. The van der Waals surface area contributed by atoms with Crippen LogP contribution < -0.4 is 5.32 Å². The molecule has 0 saturated heterocycles. The van der Waals surface area contributed by atoms with Gasteiger partial charge in [-0.2, -0.15) is 0 Å². The number of nitrogens with one attached hydrogen (secondary N) is 1. The predicted molar refractivity (Wildman–Crippen MR) is 81.0 cm³/mol. The van der Waals surface area contributed by atoms with E-state index in [0.29, 0.717) is 0 Å².